The largest absolute Gasteiger partial charge is 0.465 e. The molecular weight excluding hydrogens is 532 g/mol. The fraction of sp³-hybridized carbons (Fsp3) is 0.581. The molecule has 3 fully saturated rings. The molecule has 1 spiro atoms. The maximum absolute atomic E-state index is 14.6. The van der Waals surface area contributed by atoms with Gasteiger partial charge in [-0.05, 0) is 63.5 Å². The van der Waals surface area contributed by atoms with Gasteiger partial charge in [0.1, 0.15) is 17.6 Å². The minimum absolute atomic E-state index is 0.0221. The first-order valence-electron chi connectivity index (χ1n) is 14.3. The zero-order chi connectivity index (χ0) is 29.1. The molecule has 3 aliphatic heterocycles. The Morgan fingerprint density at radius 2 is 2.02 bits per heavy atom. The van der Waals surface area contributed by atoms with Gasteiger partial charge in [-0.25, -0.2) is 0 Å². The van der Waals surface area contributed by atoms with Crippen LogP contribution in [0.3, 0.4) is 0 Å². The van der Waals surface area contributed by atoms with Crippen LogP contribution in [0.2, 0.25) is 5.02 Å². The summed E-state index contributed by atoms with van der Waals surface area (Å²) >= 11 is 6.61. The standard InChI is InChI=1S/C31H41ClN2O6/c1-5-8-11-20-39-29(38)24-23-27(36)34(18-9-10-19-35)26(31(23)16-15-30(24,7-3)40-31)28(37)33(17-6-2)25-21(4)13-12-14-22(25)32/h5-6,12-14,23-24,26,35H,1-2,7-11,15-20H2,3-4H3/t23-,24-,26?,30+,31?/m0/s1. The van der Waals surface area contributed by atoms with Gasteiger partial charge >= 0.3 is 5.97 Å². The molecule has 40 heavy (non-hydrogen) atoms. The molecule has 0 saturated carbocycles. The summed E-state index contributed by atoms with van der Waals surface area (Å²) in [6.45, 7) is 12.1. The Morgan fingerprint density at radius 1 is 1.25 bits per heavy atom. The van der Waals surface area contributed by atoms with Gasteiger partial charge in [-0.2, -0.15) is 0 Å². The van der Waals surface area contributed by atoms with E-state index in [2.05, 4.69) is 13.2 Å². The smallest absolute Gasteiger partial charge is 0.312 e. The number of halogens is 1. The number of fused-ring (bicyclic) bond motifs is 1. The molecule has 5 atom stereocenters. The molecule has 9 heteroatoms. The average molecular weight is 573 g/mol. The number of rotatable bonds is 14. The highest BCUT2D eigenvalue weighted by Gasteiger charge is 2.79. The van der Waals surface area contributed by atoms with Crippen LogP contribution in [0.15, 0.2) is 43.5 Å². The summed E-state index contributed by atoms with van der Waals surface area (Å²) in [6.07, 6.45) is 7.32. The number of hydrogen-bond donors (Lipinski definition) is 1. The number of esters is 1. The molecule has 3 saturated heterocycles. The molecule has 1 aromatic carbocycles. The summed E-state index contributed by atoms with van der Waals surface area (Å²) in [5.41, 5.74) is -0.652. The van der Waals surface area contributed by atoms with Crippen molar-refractivity contribution in [3.8, 4) is 0 Å². The number of carbonyl (C=O) groups is 3. The quantitative estimate of drug-likeness (QED) is 0.199. The highest BCUT2D eigenvalue weighted by Crippen LogP contribution is 2.64. The van der Waals surface area contributed by atoms with Crippen LogP contribution < -0.4 is 4.90 Å². The number of benzene rings is 1. The molecule has 2 bridgehead atoms. The van der Waals surface area contributed by atoms with Gasteiger partial charge in [-0.1, -0.05) is 42.8 Å². The molecule has 3 heterocycles. The second kappa shape index (κ2) is 12.5. The fourth-order valence-corrected chi connectivity index (χ4v) is 7.34. The number of hydrogen-bond acceptors (Lipinski definition) is 6. The lowest BCUT2D eigenvalue weighted by molar-refractivity contribution is -0.161. The van der Waals surface area contributed by atoms with Crippen LogP contribution in [0.25, 0.3) is 0 Å². The predicted octanol–water partition coefficient (Wildman–Crippen LogP) is 4.60. The third-order valence-electron chi connectivity index (χ3n) is 8.81. The third kappa shape index (κ3) is 4.99. The van der Waals surface area contributed by atoms with Gasteiger partial charge in [0.15, 0.2) is 0 Å². The summed E-state index contributed by atoms with van der Waals surface area (Å²) in [5, 5.41) is 9.84. The van der Waals surface area contributed by atoms with Gasteiger partial charge in [0.2, 0.25) is 5.91 Å². The Hall–Kier alpha value is -2.68. The van der Waals surface area contributed by atoms with Crippen molar-refractivity contribution < 1.29 is 29.0 Å². The summed E-state index contributed by atoms with van der Waals surface area (Å²) < 4.78 is 12.5. The number of likely N-dealkylation sites (tertiary alicyclic amines) is 1. The maximum atomic E-state index is 14.6. The van der Waals surface area contributed by atoms with Crippen LogP contribution in [-0.2, 0) is 23.9 Å². The Bertz CT molecular complexity index is 1140. The van der Waals surface area contributed by atoms with Crippen LogP contribution in [0.4, 0.5) is 5.69 Å². The second-order valence-electron chi connectivity index (χ2n) is 11.0. The summed E-state index contributed by atoms with van der Waals surface area (Å²) in [5.74, 6) is -2.65. The number of unbranched alkanes of at least 4 members (excludes halogenated alkanes) is 2. The van der Waals surface area contributed by atoms with Crippen molar-refractivity contribution in [3.05, 3.63) is 54.1 Å². The number of amides is 2. The van der Waals surface area contributed by atoms with E-state index >= 15 is 0 Å². The number of aryl methyl sites for hydroxylation is 1. The first-order valence-corrected chi connectivity index (χ1v) is 14.7. The van der Waals surface area contributed by atoms with Crippen molar-refractivity contribution in [2.75, 3.05) is 31.2 Å². The normalized spacial score (nSPS) is 28.4. The number of nitrogens with zero attached hydrogens (tertiary/aromatic N) is 2. The molecule has 218 valence electrons. The molecule has 1 aromatic rings. The number of allylic oxidation sites excluding steroid dienone is 1. The molecule has 2 unspecified atom stereocenters. The van der Waals surface area contributed by atoms with Gasteiger partial charge in [0.05, 0.1) is 28.8 Å². The predicted molar refractivity (Wildman–Crippen MR) is 154 cm³/mol. The molecule has 8 nitrogen and oxygen atoms in total. The van der Waals surface area contributed by atoms with Crippen molar-refractivity contribution in [3.63, 3.8) is 0 Å². The number of ether oxygens (including phenoxy) is 2. The van der Waals surface area contributed by atoms with Crippen molar-refractivity contribution in [1.82, 2.24) is 4.90 Å². The number of anilines is 1. The second-order valence-corrected chi connectivity index (χ2v) is 11.4. The van der Waals surface area contributed by atoms with E-state index in [1.54, 1.807) is 28.0 Å². The maximum Gasteiger partial charge on any atom is 0.312 e. The van der Waals surface area contributed by atoms with Crippen molar-refractivity contribution in [2.45, 2.75) is 76.0 Å². The lowest BCUT2D eigenvalue weighted by atomic mass is 9.65. The first kappa shape index (κ1) is 30.3. The topological polar surface area (TPSA) is 96.4 Å². The minimum atomic E-state index is -1.16. The van der Waals surface area contributed by atoms with Gasteiger partial charge in [-0.15, -0.1) is 13.2 Å². The average Bonchev–Trinajstić information content (AvgIpc) is 3.54. The van der Waals surface area contributed by atoms with E-state index in [0.717, 1.165) is 12.0 Å². The molecular formula is C31H41ClN2O6. The fourth-order valence-electron chi connectivity index (χ4n) is 7.01. The van der Waals surface area contributed by atoms with Gasteiger partial charge < -0.3 is 24.4 Å². The molecule has 2 amide bonds. The monoisotopic (exact) mass is 572 g/mol. The first-order chi connectivity index (χ1) is 19.2. The van der Waals surface area contributed by atoms with E-state index in [4.69, 9.17) is 21.1 Å². The molecule has 0 aromatic heterocycles. The van der Waals surface area contributed by atoms with Crippen molar-refractivity contribution in [1.29, 1.82) is 0 Å². The zero-order valence-electron chi connectivity index (χ0n) is 23.6. The number of carbonyl (C=O) groups excluding carboxylic acids is 3. The third-order valence-corrected chi connectivity index (χ3v) is 9.11. The molecule has 1 N–H and O–H groups in total. The van der Waals surface area contributed by atoms with E-state index in [-0.39, 0.29) is 38.1 Å². The summed E-state index contributed by atoms with van der Waals surface area (Å²) in [6, 6.07) is 4.48. The number of aliphatic hydroxyl groups is 1. The lowest BCUT2D eigenvalue weighted by Gasteiger charge is -2.37. The van der Waals surface area contributed by atoms with E-state index in [9.17, 15) is 19.5 Å². The highest BCUT2D eigenvalue weighted by molar-refractivity contribution is 6.34. The molecule has 3 aliphatic rings. The van der Waals surface area contributed by atoms with E-state index < -0.39 is 35.0 Å². The van der Waals surface area contributed by atoms with Crippen LogP contribution in [0.5, 0.6) is 0 Å². The van der Waals surface area contributed by atoms with Crippen LogP contribution >= 0.6 is 11.6 Å². The summed E-state index contributed by atoms with van der Waals surface area (Å²) in [4.78, 5) is 45.6. The van der Waals surface area contributed by atoms with E-state index in [1.807, 2.05) is 26.0 Å². The van der Waals surface area contributed by atoms with E-state index in [0.29, 0.717) is 49.2 Å². The zero-order valence-corrected chi connectivity index (χ0v) is 24.3. The van der Waals surface area contributed by atoms with Crippen LogP contribution in [0, 0.1) is 18.8 Å². The van der Waals surface area contributed by atoms with Crippen molar-refractivity contribution >= 4 is 35.1 Å². The minimum Gasteiger partial charge on any atom is -0.465 e. The molecule has 0 radical (unpaired) electrons. The Morgan fingerprint density at radius 3 is 2.67 bits per heavy atom. The Balaban J connectivity index is 1.77. The van der Waals surface area contributed by atoms with Gasteiger partial charge in [0, 0.05) is 19.7 Å². The molecule has 0 aliphatic carbocycles. The van der Waals surface area contributed by atoms with Crippen LogP contribution in [-0.4, -0.2) is 71.3 Å². The van der Waals surface area contributed by atoms with Gasteiger partial charge in [-0.3, -0.25) is 14.4 Å². The Labute approximate surface area is 241 Å². The van der Waals surface area contributed by atoms with Crippen LogP contribution in [0.1, 0.15) is 57.4 Å². The molecule has 4 rings (SSSR count). The number of para-hydroxylation sites is 1. The van der Waals surface area contributed by atoms with E-state index in [1.165, 1.54) is 0 Å². The lowest BCUT2D eigenvalue weighted by Crippen LogP contribution is -2.56. The Kier molecular flexibility index (Phi) is 9.43. The van der Waals surface area contributed by atoms with Gasteiger partial charge in [0.25, 0.3) is 5.91 Å². The highest BCUT2D eigenvalue weighted by atomic mass is 35.5. The SMILES string of the molecule is C=CCCCOC(=O)[C@@H]1[C@H]2C(=O)N(CCCCO)C(C(=O)N(CC=C)c3c(C)cccc3Cl)C23CC[C@@]1(CC)O3. The number of aliphatic hydroxyl groups excluding tert-OH is 1. The summed E-state index contributed by atoms with van der Waals surface area (Å²) in [7, 11) is 0. The van der Waals surface area contributed by atoms with Crippen molar-refractivity contribution in [2.24, 2.45) is 11.8 Å².